The molecule has 7 nitrogen and oxygen atoms in total. The third-order valence-electron chi connectivity index (χ3n) is 5.00. The Morgan fingerprint density at radius 2 is 2.00 bits per heavy atom. The lowest BCUT2D eigenvalue weighted by molar-refractivity contribution is 0.0527. The summed E-state index contributed by atoms with van der Waals surface area (Å²) in [7, 11) is 0. The van der Waals surface area contributed by atoms with Gasteiger partial charge < -0.3 is 14.8 Å². The highest BCUT2D eigenvalue weighted by atomic mass is 32.1. The van der Waals surface area contributed by atoms with Crippen LogP contribution in [-0.2, 0) is 9.47 Å². The third-order valence-corrected chi connectivity index (χ3v) is 7.08. The molecule has 0 bridgehead atoms. The smallest absolute Gasteiger partial charge is 0.348 e. The van der Waals surface area contributed by atoms with Crippen LogP contribution in [0.15, 0.2) is 42.4 Å². The van der Waals surface area contributed by atoms with Crippen molar-refractivity contribution < 1.29 is 19.1 Å². The SMILES string of the molecule is C=CCOC(=O)c1sc(N/C=C(/C#N)c2nc(-c3ccc(C)cc3C)cs2)c(C(=O)OCC)c1C. The van der Waals surface area contributed by atoms with Crippen molar-refractivity contribution in [3.05, 3.63) is 74.6 Å². The molecule has 0 saturated heterocycles. The zero-order valence-corrected chi connectivity index (χ0v) is 21.6. The fourth-order valence-electron chi connectivity index (χ4n) is 3.36. The van der Waals surface area contributed by atoms with Crippen molar-refractivity contribution in [1.29, 1.82) is 5.26 Å². The Kier molecular flexibility index (Phi) is 8.58. The number of ether oxygens (including phenoxy) is 2. The minimum Gasteiger partial charge on any atom is -0.462 e. The van der Waals surface area contributed by atoms with Crippen LogP contribution in [0, 0.1) is 32.1 Å². The summed E-state index contributed by atoms with van der Waals surface area (Å²) in [6.07, 6.45) is 2.95. The van der Waals surface area contributed by atoms with Crippen LogP contribution in [0.25, 0.3) is 16.8 Å². The van der Waals surface area contributed by atoms with E-state index < -0.39 is 11.9 Å². The molecular formula is C26H25N3O4S2. The summed E-state index contributed by atoms with van der Waals surface area (Å²) in [4.78, 5) is 30.0. The van der Waals surface area contributed by atoms with Crippen LogP contribution in [0.2, 0.25) is 0 Å². The predicted molar refractivity (Wildman–Crippen MR) is 140 cm³/mol. The van der Waals surface area contributed by atoms with Gasteiger partial charge in [-0.05, 0) is 38.8 Å². The van der Waals surface area contributed by atoms with E-state index in [2.05, 4.69) is 29.0 Å². The first kappa shape index (κ1) is 25.9. The van der Waals surface area contributed by atoms with Crippen molar-refractivity contribution in [1.82, 2.24) is 4.98 Å². The average molecular weight is 508 g/mol. The van der Waals surface area contributed by atoms with E-state index in [4.69, 9.17) is 9.47 Å². The molecule has 0 aliphatic heterocycles. The topological polar surface area (TPSA) is 101 Å². The van der Waals surface area contributed by atoms with Crippen LogP contribution < -0.4 is 5.32 Å². The van der Waals surface area contributed by atoms with Crippen LogP contribution in [0.1, 0.15) is 48.7 Å². The Hall–Kier alpha value is -3.74. The summed E-state index contributed by atoms with van der Waals surface area (Å²) in [5.41, 5.74) is 5.03. The molecule has 35 heavy (non-hydrogen) atoms. The molecule has 1 N–H and O–H groups in total. The van der Waals surface area contributed by atoms with Gasteiger partial charge in [-0.25, -0.2) is 14.6 Å². The van der Waals surface area contributed by atoms with Gasteiger partial charge in [-0.3, -0.25) is 0 Å². The van der Waals surface area contributed by atoms with Crippen LogP contribution in [0.5, 0.6) is 0 Å². The number of aromatic nitrogens is 1. The maximum atomic E-state index is 12.6. The summed E-state index contributed by atoms with van der Waals surface area (Å²) in [6.45, 7) is 11.2. The van der Waals surface area contributed by atoms with Gasteiger partial charge >= 0.3 is 11.9 Å². The van der Waals surface area contributed by atoms with Gasteiger partial charge in [0.2, 0.25) is 0 Å². The highest BCUT2D eigenvalue weighted by Gasteiger charge is 2.26. The normalized spacial score (nSPS) is 11.0. The van der Waals surface area contributed by atoms with Crippen molar-refractivity contribution in [3.8, 4) is 17.3 Å². The Morgan fingerprint density at radius 1 is 1.23 bits per heavy atom. The summed E-state index contributed by atoms with van der Waals surface area (Å²) in [5, 5.41) is 15.6. The number of hydrogen-bond donors (Lipinski definition) is 1. The van der Waals surface area contributed by atoms with Gasteiger partial charge in [0.15, 0.2) is 0 Å². The lowest BCUT2D eigenvalue weighted by Crippen LogP contribution is -2.09. The van der Waals surface area contributed by atoms with E-state index in [0.29, 0.717) is 21.1 Å². The Balaban J connectivity index is 1.94. The predicted octanol–water partition coefficient (Wildman–Crippen LogP) is 6.29. The summed E-state index contributed by atoms with van der Waals surface area (Å²) in [5.74, 6) is -1.13. The van der Waals surface area contributed by atoms with E-state index in [1.807, 2.05) is 31.4 Å². The molecule has 1 aromatic carbocycles. The second-order valence-electron chi connectivity index (χ2n) is 7.54. The van der Waals surface area contributed by atoms with E-state index in [-0.39, 0.29) is 23.7 Å². The van der Waals surface area contributed by atoms with Gasteiger partial charge in [0.25, 0.3) is 0 Å². The molecular weight excluding hydrogens is 482 g/mol. The number of thiazole rings is 1. The quantitative estimate of drug-likeness (QED) is 0.206. The van der Waals surface area contributed by atoms with Gasteiger partial charge in [-0.15, -0.1) is 22.7 Å². The highest BCUT2D eigenvalue weighted by Crippen LogP contribution is 2.35. The molecule has 0 saturated carbocycles. The van der Waals surface area contributed by atoms with Crippen molar-refractivity contribution >= 4 is 45.2 Å². The van der Waals surface area contributed by atoms with Crippen LogP contribution >= 0.6 is 22.7 Å². The maximum Gasteiger partial charge on any atom is 0.348 e. The number of thiophene rings is 1. The molecule has 180 valence electrons. The second kappa shape index (κ2) is 11.6. The molecule has 2 aromatic heterocycles. The van der Waals surface area contributed by atoms with E-state index in [1.165, 1.54) is 29.2 Å². The summed E-state index contributed by atoms with van der Waals surface area (Å²) >= 11 is 2.41. The monoisotopic (exact) mass is 507 g/mol. The number of nitriles is 1. The van der Waals surface area contributed by atoms with E-state index in [1.54, 1.807) is 13.8 Å². The molecule has 0 spiro atoms. The van der Waals surface area contributed by atoms with Gasteiger partial charge in [0.05, 0.1) is 17.9 Å². The molecule has 0 atom stereocenters. The summed E-state index contributed by atoms with van der Waals surface area (Å²) in [6, 6.07) is 8.29. The maximum absolute atomic E-state index is 12.6. The Bertz CT molecular complexity index is 1350. The highest BCUT2D eigenvalue weighted by molar-refractivity contribution is 7.18. The van der Waals surface area contributed by atoms with Crippen molar-refractivity contribution in [2.24, 2.45) is 0 Å². The number of benzene rings is 1. The van der Waals surface area contributed by atoms with Crippen molar-refractivity contribution in [2.45, 2.75) is 27.7 Å². The number of nitrogens with zero attached hydrogens (tertiary/aromatic N) is 2. The first-order chi connectivity index (χ1) is 16.8. The number of esters is 2. The fourth-order valence-corrected chi connectivity index (χ4v) is 5.20. The number of nitrogens with one attached hydrogen (secondary N) is 1. The van der Waals surface area contributed by atoms with Gasteiger partial charge in [-0.2, -0.15) is 5.26 Å². The largest absolute Gasteiger partial charge is 0.462 e. The third kappa shape index (κ3) is 5.85. The number of carbonyl (C=O) groups excluding carboxylic acids is 2. The van der Waals surface area contributed by atoms with E-state index in [9.17, 15) is 14.9 Å². The average Bonchev–Trinajstić information content (AvgIpc) is 3.43. The van der Waals surface area contributed by atoms with Crippen LogP contribution in [0.4, 0.5) is 5.00 Å². The zero-order chi connectivity index (χ0) is 25.5. The van der Waals surface area contributed by atoms with Crippen LogP contribution in [-0.4, -0.2) is 30.1 Å². The number of carbonyl (C=O) groups is 2. The number of aryl methyl sites for hydroxylation is 2. The van der Waals surface area contributed by atoms with Gasteiger partial charge in [0, 0.05) is 17.1 Å². The number of allylic oxidation sites excluding steroid dienone is 1. The summed E-state index contributed by atoms with van der Waals surface area (Å²) < 4.78 is 10.3. The molecule has 2 heterocycles. The van der Waals surface area contributed by atoms with E-state index in [0.717, 1.165) is 28.2 Å². The first-order valence-corrected chi connectivity index (χ1v) is 12.5. The Labute approximate surface area is 212 Å². The minimum absolute atomic E-state index is 0.0546. The fraction of sp³-hybridized carbons (Fsp3) is 0.231. The number of anilines is 1. The molecule has 3 rings (SSSR count). The lowest BCUT2D eigenvalue weighted by Gasteiger charge is -2.05. The van der Waals surface area contributed by atoms with Gasteiger partial charge in [-0.1, -0.05) is 36.4 Å². The van der Waals surface area contributed by atoms with E-state index >= 15 is 0 Å². The molecule has 0 unspecified atom stereocenters. The number of rotatable bonds is 9. The number of hydrogen-bond acceptors (Lipinski definition) is 9. The molecule has 9 heteroatoms. The molecule has 0 amide bonds. The standard InChI is InChI=1S/C26H25N3O4S2/c1-6-10-33-26(31)22-17(5)21(25(30)32-7-2)24(35-22)28-13-18(12-27)23-29-20(14-34-23)19-9-8-15(3)11-16(19)4/h6,8-9,11,13-14,28H,1,7,10H2,2-5H3/b18-13-. The molecule has 3 aromatic rings. The molecule has 0 radical (unpaired) electrons. The lowest BCUT2D eigenvalue weighted by atomic mass is 10.0. The Morgan fingerprint density at radius 3 is 2.66 bits per heavy atom. The molecule has 0 aliphatic carbocycles. The zero-order valence-electron chi connectivity index (χ0n) is 19.9. The molecule has 0 aliphatic rings. The second-order valence-corrected chi connectivity index (χ2v) is 9.42. The minimum atomic E-state index is -0.565. The molecule has 0 fully saturated rings. The van der Waals surface area contributed by atoms with Gasteiger partial charge in [0.1, 0.15) is 33.1 Å². The van der Waals surface area contributed by atoms with Crippen molar-refractivity contribution in [2.75, 3.05) is 18.5 Å². The van der Waals surface area contributed by atoms with Crippen LogP contribution in [0.3, 0.4) is 0 Å². The van der Waals surface area contributed by atoms with Crippen molar-refractivity contribution in [3.63, 3.8) is 0 Å². The first-order valence-electron chi connectivity index (χ1n) is 10.8.